The average molecular weight is 666 g/mol. The van der Waals surface area contributed by atoms with Gasteiger partial charge in [-0.05, 0) is 5.57 Å². The first kappa shape index (κ1) is 33.7. The standard InChI is InChI=1S/C29H6F12N6/c30-17-9(4-45)18(31)22(35)14(21(17)34)6(1-42)11-12(7(2-43)15-23(36)19(32)10(5-46)20(33)24(15)37)13(11)8(3-44)16-25(38)27(40)29(47)28(41)26(16)39/h6,8,11,13H,47H2/b12-7+. The summed E-state index contributed by atoms with van der Waals surface area (Å²) in [5.41, 5.74) is -9.00. The first-order chi connectivity index (χ1) is 22.1. The molecule has 0 heterocycles. The van der Waals surface area contributed by atoms with Crippen LogP contribution in [0.1, 0.15) is 39.7 Å². The Hall–Kier alpha value is -6.19. The molecule has 4 rings (SSSR count). The summed E-state index contributed by atoms with van der Waals surface area (Å²) in [6.07, 6.45) is 0. The lowest BCUT2D eigenvalue weighted by Gasteiger charge is -2.16. The molecule has 0 spiro atoms. The van der Waals surface area contributed by atoms with E-state index in [1.807, 2.05) is 0 Å². The number of halogens is 12. The smallest absolute Gasteiger partial charge is 0.185 e. The molecule has 0 aromatic heterocycles. The van der Waals surface area contributed by atoms with Crippen LogP contribution in [0.3, 0.4) is 0 Å². The molecule has 0 radical (unpaired) electrons. The van der Waals surface area contributed by atoms with Gasteiger partial charge in [0.2, 0.25) is 0 Å². The van der Waals surface area contributed by atoms with Crippen LogP contribution < -0.4 is 5.73 Å². The van der Waals surface area contributed by atoms with Crippen LogP contribution in [0.25, 0.3) is 5.57 Å². The summed E-state index contributed by atoms with van der Waals surface area (Å²) in [7, 11) is 0. The van der Waals surface area contributed by atoms with Gasteiger partial charge in [-0.15, -0.1) is 0 Å². The molecule has 4 atom stereocenters. The average Bonchev–Trinajstić information content (AvgIpc) is 3.77. The lowest BCUT2D eigenvalue weighted by Crippen LogP contribution is -2.16. The molecular formula is C29H6F12N6. The van der Waals surface area contributed by atoms with Gasteiger partial charge in [0.15, 0.2) is 69.8 Å². The number of nitrogen functional groups attached to an aromatic ring is 1. The summed E-state index contributed by atoms with van der Waals surface area (Å²) in [4.78, 5) is 0. The number of hydrogen-bond acceptors (Lipinski definition) is 6. The molecular weight excluding hydrogens is 660 g/mol. The van der Waals surface area contributed by atoms with Gasteiger partial charge in [0.05, 0.1) is 41.2 Å². The van der Waals surface area contributed by atoms with Crippen LogP contribution in [0.4, 0.5) is 58.4 Å². The maximum absolute atomic E-state index is 15.1. The first-order valence-corrected chi connectivity index (χ1v) is 12.2. The molecule has 4 unspecified atom stereocenters. The van der Waals surface area contributed by atoms with E-state index in [1.165, 1.54) is 0 Å². The van der Waals surface area contributed by atoms with Gasteiger partial charge in [-0.2, -0.15) is 26.3 Å². The highest BCUT2D eigenvalue weighted by Gasteiger charge is 2.59. The van der Waals surface area contributed by atoms with Crippen LogP contribution in [0.5, 0.6) is 0 Å². The van der Waals surface area contributed by atoms with E-state index in [4.69, 9.17) is 16.3 Å². The number of hydrogen-bond donors (Lipinski definition) is 1. The Labute approximate surface area is 253 Å². The van der Waals surface area contributed by atoms with Crippen molar-refractivity contribution in [3.63, 3.8) is 0 Å². The van der Waals surface area contributed by atoms with E-state index >= 15 is 17.6 Å². The molecule has 18 heteroatoms. The predicted molar refractivity (Wildman–Crippen MR) is 129 cm³/mol. The molecule has 0 amide bonds. The highest BCUT2D eigenvalue weighted by molar-refractivity contribution is 5.85. The van der Waals surface area contributed by atoms with Crippen molar-refractivity contribution in [2.75, 3.05) is 5.73 Å². The van der Waals surface area contributed by atoms with Crippen molar-refractivity contribution in [2.24, 2.45) is 11.8 Å². The minimum atomic E-state index is -2.75. The highest BCUT2D eigenvalue weighted by Crippen LogP contribution is 2.63. The molecule has 1 fully saturated rings. The van der Waals surface area contributed by atoms with E-state index in [0.29, 0.717) is 0 Å². The molecule has 47 heavy (non-hydrogen) atoms. The molecule has 0 bridgehead atoms. The van der Waals surface area contributed by atoms with Crippen molar-refractivity contribution < 1.29 is 52.7 Å². The lowest BCUT2D eigenvalue weighted by molar-refractivity contribution is 0.417. The second-order valence-electron chi connectivity index (χ2n) is 9.56. The van der Waals surface area contributed by atoms with Gasteiger partial charge < -0.3 is 5.73 Å². The summed E-state index contributed by atoms with van der Waals surface area (Å²) >= 11 is 0. The Morgan fingerprint density at radius 1 is 0.489 bits per heavy atom. The van der Waals surface area contributed by atoms with Crippen LogP contribution in [0.2, 0.25) is 0 Å². The van der Waals surface area contributed by atoms with E-state index in [0.717, 1.165) is 30.3 Å². The number of anilines is 1. The van der Waals surface area contributed by atoms with E-state index in [-0.39, 0.29) is 0 Å². The van der Waals surface area contributed by atoms with Crippen molar-refractivity contribution in [1.29, 1.82) is 26.3 Å². The largest absolute Gasteiger partial charge is 0.394 e. The Morgan fingerprint density at radius 3 is 1.11 bits per heavy atom. The third kappa shape index (κ3) is 4.72. The molecule has 0 saturated heterocycles. The van der Waals surface area contributed by atoms with Gasteiger partial charge in [-0.1, -0.05) is 0 Å². The summed E-state index contributed by atoms with van der Waals surface area (Å²) in [5.74, 6) is -38.9. The maximum Gasteiger partial charge on any atom is 0.185 e. The van der Waals surface area contributed by atoms with Gasteiger partial charge in [0.25, 0.3) is 0 Å². The van der Waals surface area contributed by atoms with Crippen LogP contribution >= 0.6 is 0 Å². The zero-order valence-corrected chi connectivity index (χ0v) is 22.2. The fourth-order valence-electron chi connectivity index (χ4n) is 5.23. The summed E-state index contributed by atoms with van der Waals surface area (Å²) < 4.78 is 177. The normalized spacial score (nSPS) is 17.4. The quantitative estimate of drug-likeness (QED) is 0.137. The van der Waals surface area contributed by atoms with Crippen LogP contribution in [0, 0.1) is 138 Å². The van der Waals surface area contributed by atoms with Crippen LogP contribution in [0.15, 0.2) is 5.57 Å². The van der Waals surface area contributed by atoms with Crippen LogP contribution in [-0.2, 0) is 0 Å². The van der Waals surface area contributed by atoms with Crippen molar-refractivity contribution in [3.8, 4) is 30.3 Å². The molecule has 236 valence electrons. The first-order valence-electron chi connectivity index (χ1n) is 12.2. The van der Waals surface area contributed by atoms with Gasteiger partial charge in [-0.3, -0.25) is 0 Å². The predicted octanol–water partition coefficient (Wildman–Crippen LogP) is 6.82. The van der Waals surface area contributed by atoms with E-state index < -0.39 is 138 Å². The highest BCUT2D eigenvalue weighted by atomic mass is 19.2. The summed E-state index contributed by atoms with van der Waals surface area (Å²) in [5, 5.41) is 47.2. The van der Waals surface area contributed by atoms with Crippen molar-refractivity contribution in [3.05, 3.63) is 103 Å². The number of nitrogens with zero attached hydrogens (tertiary/aromatic N) is 5. The molecule has 0 aliphatic heterocycles. The minimum absolute atomic E-state index is 0.792. The minimum Gasteiger partial charge on any atom is -0.394 e. The van der Waals surface area contributed by atoms with Crippen molar-refractivity contribution in [1.82, 2.24) is 0 Å². The molecule has 1 saturated carbocycles. The second kappa shape index (κ2) is 12.0. The van der Waals surface area contributed by atoms with Gasteiger partial charge in [0, 0.05) is 23.0 Å². The second-order valence-corrected chi connectivity index (χ2v) is 9.56. The van der Waals surface area contributed by atoms with E-state index in [2.05, 4.69) is 0 Å². The number of rotatable bonds is 5. The van der Waals surface area contributed by atoms with Gasteiger partial charge in [-0.25, -0.2) is 52.7 Å². The number of nitrogens with two attached hydrogens (primary N) is 1. The molecule has 3 aromatic carbocycles. The zero-order chi connectivity index (χ0) is 35.4. The third-order valence-electron chi connectivity index (χ3n) is 7.38. The number of nitriles is 5. The summed E-state index contributed by atoms with van der Waals surface area (Å²) in [6.45, 7) is 0. The van der Waals surface area contributed by atoms with E-state index in [1.54, 1.807) is 0 Å². The Balaban J connectivity index is 2.16. The molecule has 1 aliphatic rings. The topological polar surface area (TPSA) is 145 Å². The molecule has 2 N–H and O–H groups in total. The maximum atomic E-state index is 15.1. The van der Waals surface area contributed by atoms with Gasteiger partial charge in [0.1, 0.15) is 29.0 Å². The zero-order valence-electron chi connectivity index (χ0n) is 22.2. The summed E-state index contributed by atoms with van der Waals surface area (Å²) in [6, 6.07) is 4.88. The SMILES string of the molecule is N#C/C(=C1\C(C(C#N)c2c(F)c(F)c(N)c(F)c2F)C1C(C#N)c1c(F)c(F)c(C#N)c(F)c1F)c1c(F)c(F)c(C#N)c(F)c1F. The molecule has 6 nitrogen and oxygen atoms in total. The van der Waals surface area contributed by atoms with Crippen molar-refractivity contribution in [2.45, 2.75) is 11.8 Å². The van der Waals surface area contributed by atoms with Crippen LogP contribution in [-0.4, -0.2) is 0 Å². The third-order valence-corrected chi connectivity index (χ3v) is 7.38. The lowest BCUT2D eigenvalue weighted by atomic mass is 9.87. The molecule has 1 aliphatic carbocycles. The van der Waals surface area contributed by atoms with Gasteiger partial charge >= 0.3 is 0 Å². The molecule has 3 aromatic rings. The fourth-order valence-corrected chi connectivity index (χ4v) is 5.23. The Kier molecular flexibility index (Phi) is 8.57. The Morgan fingerprint density at radius 2 is 0.809 bits per heavy atom. The van der Waals surface area contributed by atoms with E-state index in [9.17, 15) is 50.9 Å². The Bertz CT molecular complexity index is 2090. The number of allylic oxidation sites excluding steroid dienone is 2. The fraction of sp³-hybridized carbons (Fsp3) is 0.138. The monoisotopic (exact) mass is 666 g/mol. The number of benzene rings is 3. The van der Waals surface area contributed by atoms with Crippen molar-refractivity contribution >= 4 is 11.3 Å².